The number of ether oxygens (including phenoxy) is 4. The van der Waals surface area contributed by atoms with Crippen molar-refractivity contribution in [3.8, 4) is 0 Å². The predicted octanol–water partition coefficient (Wildman–Crippen LogP) is 2.83. The highest BCUT2D eigenvalue weighted by Crippen LogP contribution is 2.75. The number of aliphatic hydroxyl groups excluding tert-OH is 7. The number of fused-ring (bicyclic) bond motifs is 7. The van der Waals surface area contributed by atoms with Crippen LogP contribution in [0.25, 0.3) is 0 Å². The third kappa shape index (κ3) is 5.40. The lowest BCUT2D eigenvalue weighted by atomic mass is 9.34. The highest BCUT2D eigenvalue weighted by atomic mass is 16.8. The van der Waals surface area contributed by atoms with Crippen LogP contribution in [0.15, 0.2) is 22.8 Å². The average Bonchev–Trinajstić information content (AvgIpc) is 3.09. The largest absolute Gasteiger partial charge is 0.432 e. The summed E-state index contributed by atoms with van der Waals surface area (Å²) in [5.74, 6) is 0.419. The van der Waals surface area contributed by atoms with Gasteiger partial charge in [-0.15, -0.1) is 0 Å². The molecule has 7 aliphatic rings. The second-order valence-corrected chi connectivity index (χ2v) is 18.8. The molecule has 0 aromatic heterocycles. The van der Waals surface area contributed by atoms with Crippen LogP contribution < -0.4 is 0 Å². The fraction of sp³-hybridized carbons (Fsp3) is 0.875. The highest BCUT2D eigenvalue weighted by Gasteiger charge is 2.69. The van der Waals surface area contributed by atoms with Crippen molar-refractivity contribution in [2.45, 2.75) is 168 Å². The fourth-order valence-electron chi connectivity index (χ4n) is 12.7. The number of carbonyl (C=O) groups excluding carboxylic acids is 1. The van der Waals surface area contributed by atoms with E-state index in [0.717, 1.165) is 50.5 Å². The molecular formula is C40H62O12. The normalized spacial score (nSPS) is 53.1. The van der Waals surface area contributed by atoms with Crippen molar-refractivity contribution in [1.82, 2.24) is 0 Å². The topological polar surface area (TPSA) is 196 Å². The minimum Gasteiger partial charge on any atom is -0.432 e. The maximum Gasteiger partial charge on any atom is 0.318 e. The molecule has 5 fully saturated rings. The Morgan fingerprint density at radius 3 is 2.19 bits per heavy atom. The van der Waals surface area contributed by atoms with Gasteiger partial charge in [0.15, 0.2) is 12.6 Å². The Hall–Kier alpha value is -1.45. The number of hydrogen-bond donors (Lipinski definition) is 7. The van der Waals surface area contributed by atoms with Gasteiger partial charge in [-0.05, 0) is 115 Å². The van der Waals surface area contributed by atoms with E-state index in [-0.39, 0.29) is 40.3 Å². The van der Waals surface area contributed by atoms with E-state index >= 15 is 0 Å². The van der Waals surface area contributed by atoms with E-state index in [2.05, 4.69) is 54.5 Å². The molecule has 12 heteroatoms. The summed E-state index contributed by atoms with van der Waals surface area (Å²) in [5, 5.41) is 72.0. The number of carbonyl (C=O) groups is 1. The molecule has 7 rings (SSSR count). The molecule has 17 unspecified atom stereocenters. The van der Waals surface area contributed by atoms with Crippen LogP contribution in [-0.4, -0.2) is 110 Å². The van der Waals surface area contributed by atoms with Gasteiger partial charge >= 0.3 is 5.97 Å². The first kappa shape index (κ1) is 38.8. The summed E-state index contributed by atoms with van der Waals surface area (Å²) in [6.45, 7) is 16.1. The Bertz CT molecular complexity index is 1480. The van der Waals surface area contributed by atoms with E-state index in [1.807, 2.05) is 0 Å². The van der Waals surface area contributed by atoms with E-state index in [4.69, 9.17) is 18.9 Å². The predicted molar refractivity (Wildman–Crippen MR) is 187 cm³/mol. The van der Waals surface area contributed by atoms with Crippen molar-refractivity contribution in [1.29, 1.82) is 0 Å². The molecule has 0 bridgehead atoms. The van der Waals surface area contributed by atoms with Crippen molar-refractivity contribution in [3.05, 3.63) is 22.8 Å². The van der Waals surface area contributed by atoms with Gasteiger partial charge in [0.1, 0.15) is 36.6 Å². The monoisotopic (exact) mass is 734 g/mol. The summed E-state index contributed by atoms with van der Waals surface area (Å²) in [5.41, 5.74) is 1.90. The smallest absolute Gasteiger partial charge is 0.318 e. The molecule has 0 aromatic rings. The number of rotatable bonds is 4. The molecule has 2 saturated heterocycles. The Kier molecular flexibility index (Phi) is 9.75. The quantitative estimate of drug-likeness (QED) is 0.165. The first-order valence-electron chi connectivity index (χ1n) is 19.6. The molecule has 52 heavy (non-hydrogen) atoms. The maximum absolute atomic E-state index is 14.4. The van der Waals surface area contributed by atoms with Gasteiger partial charge in [0.05, 0.1) is 18.1 Å². The van der Waals surface area contributed by atoms with Gasteiger partial charge in [-0.1, -0.05) is 53.2 Å². The van der Waals surface area contributed by atoms with Crippen LogP contribution in [0.5, 0.6) is 0 Å². The minimum absolute atomic E-state index is 0.0133. The van der Waals surface area contributed by atoms with Gasteiger partial charge in [0.2, 0.25) is 6.29 Å². The third-order valence-electron chi connectivity index (χ3n) is 16.2. The van der Waals surface area contributed by atoms with Crippen LogP contribution in [0.1, 0.15) is 106 Å². The Labute approximate surface area is 307 Å². The fourth-order valence-corrected chi connectivity index (χ4v) is 12.7. The van der Waals surface area contributed by atoms with Crippen LogP contribution in [0.3, 0.4) is 0 Å². The lowest BCUT2D eigenvalue weighted by molar-refractivity contribution is -0.333. The molecule has 7 N–H and O–H groups in total. The maximum atomic E-state index is 14.4. The van der Waals surface area contributed by atoms with E-state index in [0.29, 0.717) is 24.7 Å². The van der Waals surface area contributed by atoms with Crippen molar-refractivity contribution >= 4 is 5.97 Å². The van der Waals surface area contributed by atoms with Gasteiger partial charge < -0.3 is 54.7 Å². The molecular weight excluding hydrogens is 672 g/mol. The van der Waals surface area contributed by atoms with Crippen molar-refractivity contribution in [2.24, 2.45) is 44.8 Å². The molecule has 2 heterocycles. The van der Waals surface area contributed by atoms with Crippen LogP contribution in [-0.2, 0) is 23.7 Å². The summed E-state index contributed by atoms with van der Waals surface area (Å²) in [6.07, 6.45) is -3.91. The van der Waals surface area contributed by atoms with Crippen LogP contribution in [0.4, 0.5) is 0 Å². The zero-order chi connectivity index (χ0) is 37.9. The van der Waals surface area contributed by atoms with Crippen LogP contribution >= 0.6 is 0 Å². The van der Waals surface area contributed by atoms with Gasteiger partial charge in [-0.25, -0.2) is 0 Å². The highest BCUT2D eigenvalue weighted by molar-refractivity contribution is 5.84. The standard InChI is InChI=1S/C40H62O12/c1-19-10-15-40(35(48)52-34-31(46)28(43)29(44)32(47)51-34)17-16-38(6)21(26(40)20(19)2)8-9-24-37(5)13-12-25(36(3,4)23(37)11-14-39(24,38)7)50-33-30(45)27(42)22(41)18-49-33/h8,19,22-25,27-34,41-47H,9-18H2,1-7H3. The van der Waals surface area contributed by atoms with Crippen molar-refractivity contribution in [3.63, 3.8) is 0 Å². The van der Waals surface area contributed by atoms with E-state index in [9.17, 15) is 40.5 Å². The summed E-state index contributed by atoms with van der Waals surface area (Å²) >= 11 is 0. The minimum atomic E-state index is -1.80. The molecule has 294 valence electrons. The van der Waals surface area contributed by atoms with Crippen LogP contribution in [0.2, 0.25) is 0 Å². The summed E-state index contributed by atoms with van der Waals surface area (Å²) in [7, 11) is 0. The zero-order valence-electron chi connectivity index (χ0n) is 31.8. The lowest BCUT2D eigenvalue weighted by Crippen LogP contribution is -2.65. The van der Waals surface area contributed by atoms with E-state index in [1.54, 1.807) is 0 Å². The number of allylic oxidation sites excluding steroid dienone is 3. The second kappa shape index (κ2) is 13.1. The number of aliphatic hydroxyl groups is 7. The first-order valence-corrected chi connectivity index (χ1v) is 19.6. The molecule has 0 spiro atoms. The van der Waals surface area contributed by atoms with Crippen molar-refractivity contribution in [2.75, 3.05) is 6.61 Å². The molecule has 0 radical (unpaired) electrons. The summed E-state index contributed by atoms with van der Waals surface area (Å²) in [6, 6.07) is 0. The third-order valence-corrected chi connectivity index (χ3v) is 16.2. The van der Waals surface area contributed by atoms with Gasteiger partial charge in [0.25, 0.3) is 0 Å². The Morgan fingerprint density at radius 1 is 0.788 bits per heavy atom. The van der Waals surface area contributed by atoms with Gasteiger partial charge in [-0.3, -0.25) is 4.79 Å². The van der Waals surface area contributed by atoms with Gasteiger partial charge in [-0.2, -0.15) is 0 Å². The molecule has 0 aromatic carbocycles. The molecule has 3 saturated carbocycles. The Morgan fingerprint density at radius 2 is 1.48 bits per heavy atom. The first-order chi connectivity index (χ1) is 24.2. The van der Waals surface area contributed by atoms with Gasteiger partial charge in [0, 0.05) is 0 Å². The number of esters is 1. The molecule has 12 nitrogen and oxygen atoms in total. The zero-order valence-corrected chi connectivity index (χ0v) is 31.8. The molecule has 2 aliphatic heterocycles. The molecule has 17 atom stereocenters. The van der Waals surface area contributed by atoms with Crippen LogP contribution in [0, 0.1) is 44.8 Å². The average molecular weight is 735 g/mol. The molecule has 0 amide bonds. The molecule has 5 aliphatic carbocycles. The SMILES string of the molecule is CC1=C2C3=CCC4C5(C)CCC(OC6OCC(O)C(O)C6O)C(C)(C)C5CCC4(C)C3(C)CCC2(C(=O)OC2OC(O)C(O)C(O)C2O)CCC1C. The summed E-state index contributed by atoms with van der Waals surface area (Å²) in [4.78, 5) is 14.4. The number of hydrogen-bond acceptors (Lipinski definition) is 12. The van der Waals surface area contributed by atoms with E-state index in [1.165, 1.54) is 11.1 Å². The Balaban J connectivity index is 1.18. The van der Waals surface area contributed by atoms with E-state index < -0.39 is 66.9 Å². The van der Waals surface area contributed by atoms with Crippen molar-refractivity contribution < 1.29 is 59.5 Å². The lowest BCUT2D eigenvalue weighted by Gasteiger charge is -2.70. The second-order valence-electron chi connectivity index (χ2n) is 18.8. The summed E-state index contributed by atoms with van der Waals surface area (Å²) < 4.78 is 23.3.